The van der Waals surface area contributed by atoms with Crippen LogP contribution in [-0.4, -0.2) is 17.5 Å². The van der Waals surface area contributed by atoms with Gasteiger partial charge in [-0.25, -0.2) is 4.39 Å². The maximum atomic E-state index is 14.0. The Balaban J connectivity index is 1.96. The third-order valence-electron chi connectivity index (χ3n) is 4.80. The molecule has 3 aromatic carbocycles. The summed E-state index contributed by atoms with van der Waals surface area (Å²) in [6.45, 7) is 3.39. The molecule has 0 N–H and O–H groups in total. The number of benzene rings is 3. The van der Waals surface area contributed by atoms with E-state index < -0.39 is 0 Å². The van der Waals surface area contributed by atoms with Gasteiger partial charge >= 0.3 is 5.97 Å². The summed E-state index contributed by atoms with van der Waals surface area (Å²) >= 11 is 0. The molecule has 0 amide bonds. The van der Waals surface area contributed by atoms with Crippen molar-refractivity contribution in [3.05, 3.63) is 107 Å². The van der Waals surface area contributed by atoms with Gasteiger partial charge in [-0.3, -0.25) is 9.69 Å². The minimum atomic E-state index is -0.310. The molecule has 0 aliphatic carbocycles. The first-order valence-electron chi connectivity index (χ1n) is 9.88. The number of rotatable bonds is 9. The molecule has 0 saturated carbocycles. The van der Waals surface area contributed by atoms with Crippen LogP contribution in [0.15, 0.2) is 84.9 Å². The van der Waals surface area contributed by atoms with Crippen LogP contribution in [-0.2, 0) is 22.6 Å². The van der Waals surface area contributed by atoms with Crippen molar-refractivity contribution in [3.8, 4) is 0 Å². The molecule has 0 bridgehead atoms. The van der Waals surface area contributed by atoms with Gasteiger partial charge in [-0.15, -0.1) is 0 Å². The summed E-state index contributed by atoms with van der Waals surface area (Å²) < 4.78 is 19.2. The van der Waals surface area contributed by atoms with Crippen molar-refractivity contribution in [3.63, 3.8) is 0 Å². The van der Waals surface area contributed by atoms with E-state index in [2.05, 4.69) is 29.2 Å². The summed E-state index contributed by atoms with van der Waals surface area (Å²) in [6.07, 6.45) is 0.164. The lowest BCUT2D eigenvalue weighted by molar-refractivity contribution is -0.144. The average Bonchev–Trinajstić information content (AvgIpc) is 2.73. The van der Waals surface area contributed by atoms with Crippen LogP contribution in [0, 0.1) is 5.82 Å². The lowest BCUT2D eigenvalue weighted by Crippen LogP contribution is -2.30. The van der Waals surface area contributed by atoms with Crippen molar-refractivity contribution in [2.45, 2.75) is 32.5 Å². The maximum Gasteiger partial charge on any atom is 0.307 e. The fourth-order valence-electron chi connectivity index (χ4n) is 3.46. The van der Waals surface area contributed by atoms with E-state index >= 15 is 0 Å². The number of halogens is 1. The summed E-state index contributed by atoms with van der Waals surface area (Å²) in [6, 6.07) is 26.4. The first-order valence-corrected chi connectivity index (χ1v) is 9.88. The van der Waals surface area contributed by atoms with Crippen molar-refractivity contribution in [1.82, 2.24) is 4.90 Å². The Morgan fingerprint density at radius 2 is 1.48 bits per heavy atom. The van der Waals surface area contributed by atoms with Gasteiger partial charge in [0.25, 0.3) is 0 Å². The normalized spacial score (nSPS) is 12.0. The molecule has 0 aliphatic heterocycles. The Morgan fingerprint density at radius 3 is 2.00 bits per heavy atom. The molecule has 3 nitrogen and oxygen atoms in total. The molecular formula is C25H26FNO2. The number of hydrogen-bond donors (Lipinski definition) is 0. The maximum absolute atomic E-state index is 14.0. The van der Waals surface area contributed by atoms with E-state index in [1.165, 1.54) is 12.1 Å². The lowest BCUT2D eigenvalue weighted by Gasteiger charge is -2.32. The van der Waals surface area contributed by atoms with Crippen LogP contribution in [0.3, 0.4) is 0 Å². The minimum absolute atomic E-state index is 0.164. The largest absolute Gasteiger partial charge is 0.466 e. The topological polar surface area (TPSA) is 29.5 Å². The minimum Gasteiger partial charge on any atom is -0.466 e. The second kappa shape index (κ2) is 10.5. The highest BCUT2D eigenvalue weighted by atomic mass is 19.1. The van der Waals surface area contributed by atoms with Crippen LogP contribution in [0.2, 0.25) is 0 Å². The van der Waals surface area contributed by atoms with Crippen LogP contribution in [0.5, 0.6) is 0 Å². The first kappa shape index (κ1) is 20.7. The van der Waals surface area contributed by atoms with Gasteiger partial charge in [0.1, 0.15) is 5.82 Å². The molecule has 4 heteroatoms. The highest BCUT2D eigenvalue weighted by Gasteiger charge is 2.25. The number of nitrogens with zero attached hydrogens (tertiary/aromatic N) is 1. The first-order chi connectivity index (χ1) is 14.2. The molecule has 0 unspecified atom stereocenters. The summed E-state index contributed by atoms with van der Waals surface area (Å²) in [5.74, 6) is -0.594. The zero-order valence-electron chi connectivity index (χ0n) is 16.6. The average molecular weight is 391 g/mol. The standard InChI is InChI=1S/C25H26FNO2/c1-2-29-25(28)17-24(22-14-9-15-23(26)16-22)27(18-20-10-5-3-6-11-20)19-21-12-7-4-8-13-21/h3-16,24H,2,17-19H2,1H3/t24-/m0/s1. The predicted octanol–water partition coefficient (Wildman–Crippen LogP) is 5.52. The monoisotopic (exact) mass is 391 g/mol. The summed E-state index contributed by atoms with van der Waals surface area (Å²) in [4.78, 5) is 14.6. The number of esters is 1. The molecule has 0 saturated heterocycles. The van der Waals surface area contributed by atoms with Crippen molar-refractivity contribution < 1.29 is 13.9 Å². The van der Waals surface area contributed by atoms with Crippen molar-refractivity contribution >= 4 is 5.97 Å². The Bertz CT molecular complexity index is 857. The van der Waals surface area contributed by atoms with Crippen LogP contribution < -0.4 is 0 Å². The molecule has 0 heterocycles. The van der Waals surface area contributed by atoms with E-state index in [9.17, 15) is 9.18 Å². The molecule has 0 spiro atoms. The van der Waals surface area contributed by atoms with E-state index in [0.29, 0.717) is 19.7 Å². The molecule has 0 aromatic heterocycles. The van der Waals surface area contributed by atoms with Crippen LogP contribution in [0.25, 0.3) is 0 Å². The summed E-state index contributed by atoms with van der Waals surface area (Å²) in [5, 5.41) is 0. The highest BCUT2D eigenvalue weighted by Crippen LogP contribution is 2.29. The molecule has 0 radical (unpaired) electrons. The summed E-state index contributed by atoms with van der Waals surface area (Å²) in [5.41, 5.74) is 3.03. The third kappa shape index (κ3) is 6.26. The molecular weight excluding hydrogens is 365 g/mol. The van der Waals surface area contributed by atoms with Gasteiger partial charge in [0, 0.05) is 19.1 Å². The molecule has 0 aliphatic rings. The Labute approximate surface area is 171 Å². The lowest BCUT2D eigenvalue weighted by atomic mass is 9.99. The van der Waals surface area contributed by atoms with Gasteiger partial charge in [0.05, 0.1) is 13.0 Å². The van der Waals surface area contributed by atoms with Crippen molar-refractivity contribution in [1.29, 1.82) is 0 Å². The van der Waals surface area contributed by atoms with Gasteiger partial charge in [0.15, 0.2) is 0 Å². The predicted molar refractivity (Wildman–Crippen MR) is 113 cm³/mol. The molecule has 1 atom stereocenters. The second-order valence-corrected chi connectivity index (χ2v) is 6.96. The Morgan fingerprint density at radius 1 is 0.897 bits per heavy atom. The highest BCUT2D eigenvalue weighted by molar-refractivity contribution is 5.70. The zero-order valence-corrected chi connectivity index (χ0v) is 16.6. The van der Waals surface area contributed by atoms with Crippen LogP contribution in [0.4, 0.5) is 4.39 Å². The smallest absolute Gasteiger partial charge is 0.307 e. The van der Waals surface area contributed by atoms with Crippen molar-refractivity contribution in [2.75, 3.05) is 6.61 Å². The number of hydrogen-bond acceptors (Lipinski definition) is 3. The zero-order chi connectivity index (χ0) is 20.5. The molecule has 3 rings (SSSR count). The fraction of sp³-hybridized carbons (Fsp3) is 0.240. The van der Waals surface area contributed by atoms with E-state index in [0.717, 1.165) is 16.7 Å². The second-order valence-electron chi connectivity index (χ2n) is 6.96. The van der Waals surface area contributed by atoms with E-state index in [4.69, 9.17) is 4.74 Å². The summed E-state index contributed by atoms with van der Waals surface area (Å²) in [7, 11) is 0. The molecule has 29 heavy (non-hydrogen) atoms. The molecule has 0 fully saturated rings. The molecule has 3 aromatic rings. The van der Waals surface area contributed by atoms with Gasteiger partial charge < -0.3 is 4.74 Å². The number of ether oxygens (including phenoxy) is 1. The van der Waals surface area contributed by atoms with Crippen LogP contribution in [0.1, 0.15) is 36.1 Å². The quantitative estimate of drug-likeness (QED) is 0.450. The van der Waals surface area contributed by atoms with Crippen molar-refractivity contribution in [2.24, 2.45) is 0 Å². The Hall–Kier alpha value is -2.98. The van der Waals surface area contributed by atoms with E-state index in [1.54, 1.807) is 13.0 Å². The number of carbonyl (C=O) groups excluding carboxylic acids is 1. The van der Waals surface area contributed by atoms with Gasteiger partial charge in [-0.05, 0) is 35.7 Å². The third-order valence-corrected chi connectivity index (χ3v) is 4.80. The SMILES string of the molecule is CCOC(=O)C[C@@H](c1cccc(F)c1)N(Cc1ccccc1)Cc1ccccc1. The molecule has 150 valence electrons. The van der Waals surface area contributed by atoms with Crippen LogP contribution >= 0.6 is 0 Å². The number of carbonyl (C=O) groups is 1. The van der Waals surface area contributed by atoms with E-state index in [1.807, 2.05) is 42.5 Å². The van der Waals surface area contributed by atoms with E-state index in [-0.39, 0.29) is 24.2 Å². The van der Waals surface area contributed by atoms with Gasteiger partial charge in [-0.1, -0.05) is 72.8 Å². The van der Waals surface area contributed by atoms with Gasteiger partial charge in [0.2, 0.25) is 0 Å². The van der Waals surface area contributed by atoms with Gasteiger partial charge in [-0.2, -0.15) is 0 Å². The fourth-order valence-corrected chi connectivity index (χ4v) is 3.46. The Kier molecular flexibility index (Phi) is 7.54.